The number of unbranched alkanes of at least 4 members (excludes halogenated alkanes) is 22. The monoisotopic (exact) mass is 503 g/mol. The summed E-state index contributed by atoms with van der Waals surface area (Å²) in [5.41, 5.74) is 0. The first-order valence-electron chi connectivity index (χ1n) is 16.6. The molecule has 0 fully saturated rings. The molecular weight excluding hydrogens is 436 g/mol. The van der Waals surface area contributed by atoms with Gasteiger partial charge < -0.3 is 0 Å². The number of allylic oxidation sites excluding steroid dienone is 4. The molecule has 212 valence electrons. The molecule has 0 bridgehead atoms. The van der Waals surface area contributed by atoms with E-state index in [0.29, 0.717) is 5.78 Å². The zero-order valence-electron chi connectivity index (χ0n) is 25.0. The predicted molar refractivity (Wildman–Crippen MR) is 164 cm³/mol. The Hall–Kier alpha value is -0.850. The number of ketones is 1. The number of hydrogen-bond donors (Lipinski definition) is 0. The maximum Gasteiger partial charge on any atom is 0.132 e. The Balaban J connectivity index is 3.20. The Labute approximate surface area is 228 Å². The molecule has 0 aromatic carbocycles. The number of carbonyl (C=O) groups excluding carboxylic acids is 1. The quantitative estimate of drug-likeness (QED) is 0.0704. The zero-order chi connectivity index (χ0) is 26.2. The first-order chi connectivity index (χ1) is 17.8. The van der Waals surface area contributed by atoms with Gasteiger partial charge in [0.2, 0.25) is 0 Å². The van der Waals surface area contributed by atoms with Crippen molar-refractivity contribution in [1.29, 1.82) is 0 Å². The molecule has 36 heavy (non-hydrogen) atoms. The molecular formula is C35H66O. The van der Waals surface area contributed by atoms with Crippen LogP contribution in [0.5, 0.6) is 0 Å². The van der Waals surface area contributed by atoms with Crippen molar-refractivity contribution in [2.24, 2.45) is 0 Å². The Morgan fingerprint density at radius 3 is 1.17 bits per heavy atom. The molecule has 1 nitrogen and oxygen atoms in total. The lowest BCUT2D eigenvalue weighted by molar-refractivity contribution is -0.119. The Morgan fingerprint density at radius 2 is 0.750 bits per heavy atom. The summed E-state index contributed by atoms with van der Waals surface area (Å²) in [6.45, 7) is 4.52. The number of rotatable bonds is 30. The highest BCUT2D eigenvalue weighted by molar-refractivity contribution is 5.78. The van der Waals surface area contributed by atoms with Gasteiger partial charge >= 0.3 is 0 Å². The average molecular weight is 503 g/mol. The summed E-state index contributed by atoms with van der Waals surface area (Å²) in [5.74, 6) is 0.512. The third-order valence-electron chi connectivity index (χ3n) is 7.45. The molecule has 0 aromatic heterocycles. The van der Waals surface area contributed by atoms with Crippen LogP contribution in [-0.2, 0) is 4.79 Å². The molecule has 0 aliphatic heterocycles. The van der Waals surface area contributed by atoms with Crippen LogP contribution < -0.4 is 0 Å². The number of hydrogen-bond acceptors (Lipinski definition) is 1. The van der Waals surface area contributed by atoms with Crippen LogP contribution in [-0.4, -0.2) is 5.78 Å². The highest BCUT2D eigenvalue weighted by Crippen LogP contribution is 2.15. The predicted octanol–water partition coefficient (Wildman–Crippen LogP) is 12.6. The second kappa shape index (κ2) is 32.2. The molecule has 0 rings (SSSR count). The number of carbonyl (C=O) groups is 1. The minimum atomic E-state index is 0.512. The Bertz CT molecular complexity index is 475. The van der Waals surface area contributed by atoms with E-state index in [1.165, 1.54) is 148 Å². The third-order valence-corrected chi connectivity index (χ3v) is 7.45. The fourth-order valence-corrected chi connectivity index (χ4v) is 4.96. The van der Waals surface area contributed by atoms with Gasteiger partial charge in [0.1, 0.15) is 5.78 Å². The summed E-state index contributed by atoms with van der Waals surface area (Å²) in [4.78, 5) is 12.1. The molecule has 0 saturated carbocycles. The van der Waals surface area contributed by atoms with Crippen LogP contribution in [0.3, 0.4) is 0 Å². The third kappa shape index (κ3) is 31.2. The van der Waals surface area contributed by atoms with Crippen molar-refractivity contribution in [3.05, 3.63) is 24.3 Å². The summed E-state index contributed by atoms with van der Waals surface area (Å²) >= 11 is 0. The molecule has 0 radical (unpaired) electrons. The Kier molecular flexibility index (Phi) is 31.4. The highest BCUT2D eigenvalue weighted by Gasteiger charge is 2.02. The molecule has 0 saturated heterocycles. The topological polar surface area (TPSA) is 17.1 Å². The van der Waals surface area contributed by atoms with E-state index < -0.39 is 0 Å². The molecule has 0 aromatic rings. The van der Waals surface area contributed by atoms with Crippen LogP contribution in [0.4, 0.5) is 0 Å². The van der Waals surface area contributed by atoms with Gasteiger partial charge in [-0.1, -0.05) is 167 Å². The van der Waals surface area contributed by atoms with Crippen LogP contribution in [0.1, 0.15) is 194 Å². The molecule has 0 aliphatic rings. The van der Waals surface area contributed by atoms with Crippen molar-refractivity contribution in [2.75, 3.05) is 0 Å². The van der Waals surface area contributed by atoms with Crippen molar-refractivity contribution in [3.8, 4) is 0 Å². The van der Waals surface area contributed by atoms with Crippen LogP contribution in [0, 0.1) is 0 Å². The molecule has 0 unspecified atom stereocenters. The molecule has 1 heteroatoms. The lowest BCUT2D eigenvalue weighted by Gasteiger charge is -2.04. The first kappa shape index (κ1) is 35.2. The second-order valence-electron chi connectivity index (χ2n) is 11.2. The molecule has 0 amide bonds. The van der Waals surface area contributed by atoms with Crippen LogP contribution in [0.2, 0.25) is 0 Å². The van der Waals surface area contributed by atoms with Crippen molar-refractivity contribution >= 4 is 5.78 Å². The van der Waals surface area contributed by atoms with Gasteiger partial charge in [-0.05, 0) is 38.5 Å². The summed E-state index contributed by atoms with van der Waals surface area (Å²) < 4.78 is 0. The normalized spacial score (nSPS) is 11.8. The number of Topliss-reactive ketones (excluding diaryl/α,β-unsaturated/α-hetero) is 1. The summed E-state index contributed by atoms with van der Waals surface area (Å²) in [5, 5.41) is 0. The van der Waals surface area contributed by atoms with Crippen LogP contribution >= 0.6 is 0 Å². The smallest absolute Gasteiger partial charge is 0.132 e. The summed E-state index contributed by atoms with van der Waals surface area (Å²) in [7, 11) is 0. The molecule has 0 atom stereocenters. The van der Waals surface area contributed by atoms with Gasteiger partial charge in [-0.15, -0.1) is 0 Å². The van der Waals surface area contributed by atoms with E-state index in [0.717, 1.165) is 32.1 Å². The van der Waals surface area contributed by atoms with E-state index in [-0.39, 0.29) is 0 Å². The van der Waals surface area contributed by atoms with E-state index in [9.17, 15) is 4.79 Å². The van der Waals surface area contributed by atoms with E-state index in [1.807, 2.05) is 0 Å². The maximum absolute atomic E-state index is 12.1. The van der Waals surface area contributed by atoms with Crippen molar-refractivity contribution in [1.82, 2.24) is 0 Å². The SMILES string of the molecule is CCC/C=C\C/C=C\CCCCCCCCC(=O)CCCCCCCCCCCCCCCCCC. The largest absolute Gasteiger partial charge is 0.300 e. The maximum atomic E-state index is 12.1. The van der Waals surface area contributed by atoms with Crippen molar-refractivity contribution in [2.45, 2.75) is 194 Å². The fourth-order valence-electron chi connectivity index (χ4n) is 4.96. The van der Waals surface area contributed by atoms with Gasteiger partial charge in [-0.25, -0.2) is 0 Å². The molecule has 0 aliphatic carbocycles. The van der Waals surface area contributed by atoms with Crippen LogP contribution in [0.15, 0.2) is 24.3 Å². The second-order valence-corrected chi connectivity index (χ2v) is 11.2. The minimum absolute atomic E-state index is 0.512. The van der Waals surface area contributed by atoms with Gasteiger partial charge in [0, 0.05) is 12.8 Å². The lowest BCUT2D eigenvalue weighted by atomic mass is 10.0. The van der Waals surface area contributed by atoms with E-state index >= 15 is 0 Å². The Morgan fingerprint density at radius 1 is 0.389 bits per heavy atom. The lowest BCUT2D eigenvalue weighted by Crippen LogP contribution is -1.97. The van der Waals surface area contributed by atoms with Gasteiger partial charge in [0.05, 0.1) is 0 Å². The molecule has 0 heterocycles. The van der Waals surface area contributed by atoms with Crippen molar-refractivity contribution in [3.63, 3.8) is 0 Å². The van der Waals surface area contributed by atoms with Gasteiger partial charge in [0.25, 0.3) is 0 Å². The van der Waals surface area contributed by atoms with Gasteiger partial charge in [0.15, 0.2) is 0 Å². The fraction of sp³-hybridized carbons (Fsp3) is 0.857. The summed E-state index contributed by atoms with van der Waals surface area (Å²) in [6, 6.07) is 0. The van der Waals surface area contributed by atoms with Gasteiger partial charge in [-0.3, -0.25) is 4.79 Å². The molecule has 0 spiro atoms. The first-order valence-corrected chi connectivity index (χ1v) is 16.6. The highest BCUT2D eigenvalue weighted by atomic mass is 16.1. The van der Waals surface area contributed by atoms with Crippen molar-refractivity contribution < 1.29 is 4.79 Å². The molecule has 0 N–H and O–H groups in total. The van der Waals surface area contributed by atoms with Gasteiger partial charge in [-0.2, -0.15) is 0 Å². The summed E-state index contributed by atoms with van der Waals surface area (Å²) in [6.07, 6.45) is 45.5. The van der Waals surface area contributed by atoms with E-state index in [4.69, 9.17) is 0 Å². The van der Waals surface area contributed by atoms with E-state index in [2.05, 4.69) is 38.2 Å². The van der Waals surface area contributed by atoms with E-state index in [1.54, 1.807) is 0 Å². The minimum Gasteiger partial charge on any atom is -0.300 e. The van der Waals surface area contributed by atoms with Crippen LogP contribution in [0.25, 0.3) is 0 Å². The standard InChI is InChI=1S/C35H66O/c1-3-5-7-9-11-13-15-17-19-20-22-24-26-28-30-32-34-35(36)33-31-29-27-25-23-21-18-16-14-12-10-8-6-4-2/h8,10,14,16H,3-7,9,11-13,15,17-34H2,1-2H3/b10-8-,16-14-. The zero-order valence-corrected chi connectivity index (χ0v) is 25.0. The average Bonchev–Trinajstić information content (AvgIpc) is 2.88.